The first-order chi connectivity index (χ1) is 12.1. The molecule has 0 saturated heterocycles. The van der Waals surface area contributed by atoms with Crippen molar-refractivity contribution >= 4 is 33.3 Å². The number of anilines is 1. The number of H-pyrrole nitrogens is 1. The Balaban J connectivity index is 1.73. The van der Waals surface area contributed by atoms with E-state index in [0.29, 0.717) is 16.0 Å². The van der Waals surface area contributed by atoms with Gasteiger partial charge >= 0.3 is 5.69 Å². The lowest BCUT2D eigenvalue weighted by Gasteiger charge is -2.08. The number of benzene rings is 1. The third-order valence-electron chi connectivity index (χ3n) is 3.64. The number of para-hydroxylation sites is 1. The number of carbonyl (C=O) groups excluding carboxylic acids is 1. The molecule has 1 aromatic carbocycles. The minimum atomic E-state index is -0.530. The SMILES string of the molecule is CCCc1nnc(NC(=O)CCn2c(=O)[nH]c(=O)c3ccccc32)s1. The van der Waals surface area contributed by atoms with Gasteiger partial charge in [0.05, 0.1) is 10.9 Å². The fourth-order valence-corrected chi connectivity index (χ4v) is 3.34. The lowest BCUT2D eigenvalue weighted by atomic mass is 10.2. The molecule has 0 aliphatic rings. The van der Waals surface area contributed by atoms with Crippen LogP contribution in [-0.2, 0) is 17.8 Å². The Morgan fingerprint density at radius 1 is 1.28 bits per heavy atom. The topological polar surface area (TPSA) is 110 Å². The van der Waals surface area contributed by atoms with Crippen molar-refractivity contribution in [3.63, 3.8) is 0 Å². The molecule has 0 fully saturated rings. The predicted octanol–water partition coefficient (Wildman–Crippen LogP) is 1.52. The highest BCUT2D eigenvalue weighted by molar-refractivity contribution is 7.15. The number of aromatic nitrogens is 4. The van der Waals surface area contributed by atoms with Gasteiger partial charge in [0.1, 0.15) is 5.01 Å². The van der Waals surface area contributed by atoms with Crippen molar-refractivity contribution in [1.82, 2.24) is 19.7 Å². The number of rotatable bonds is 6. The molecule has 0 unspecified atom stereocenters. The van der Waals surface area contributed by atoms with E-state index >= 15 is 0 Å². The zero-order chi connectivity index (χ0) is 17.8. The van der Waals surface area contributed by atoms with Gasteiger partial charge in [-0.15, -0.1) is 10.2 Å². The molecule has 2 N–H and O–H groups in total. The van der Waals surface area contributed by atoms with Gasteiger partial charge in [0.2, 0.25) is 11.0 Å². The average Bonchev–Trinajstić information content (AvgIpc) is 3.02. The number of nitrogens with one attached hydrogen (secondary N) is 2. The van der Waals surface area contributed by atoms with Crippen LogP contribution >= 0.6 is 11.3 Å². The number of hydrogen-bond donors (Lipinski definition) is 2. The maximum atomic E-state index is 12.1. The largest absolute Gasteiger partial charge is 0.328 e. The first-order valence-electron chi connectivity index (χ1n) is 7.92. The molecule has 2 aromatic heterocycles. The van der Waals surface area contributed by atoms with E-state index in [1.54, 1.807) is 24.3 Å². The van der Waals surface area contributed by atoms with Crippen LogP contribution in [0.5, 0.6) is 0 Å². The molecule has 0 aliphatic carbocycles. The van der Waals surface area contributed by atoms with Crippen LogP contribution in [0.1, 0.15) is 24.8 Å². The molecule has 3 rings (SSSR count). The van der Waals surface area contributed by atoms with Gasteiger partial charge in [-0.3, -0.25) is 19.1 Å². The van der Waals surface area contributed by atoms with Crippen LogP contribution in [-0.4, -0.2) is 25.7 Å². The van der Waals surface area contributed by atoms with Crippen molar-refractivity contribution < 1.29 is 4.79 Å². The fourth-order valence-electron chi connectivity index (χ4n) is 2.48. The summed E-state index contributed by atoms with van der Waals surface area (Å²) >= 11 is 1.34. The van der Waals surface area contributed by atoms with Gasteiger partial charge in [0.15, 0.2) is 0 Å². The second-order valence-electron chi connectivity index (χ2n) is 5.48. The smallest absolute Gasteiger partial charge is 0.300 e. The van der Waals surface area contributed by atoms with Crippen LogP contribution in [0.15, 0.2) is 33.9 Å². The molecule has 25 heavy (non-hydrogen) atoms. The lowest BCUT2D eigenvalue weighted by molar-refractivity contribution is -0.116. The second-order valence-corrected chi connectivity index (χ2v) is 6.54. The molecular formula is C16H17N5O3S. The summed E-state index contributed by atoms with van der Waals surface area (Å²) in [6.45, 7) is 2.20. The maximum absolute atomic E-state index is 12.1. The van der Waals surface area contributed by atoms with E-state index in [0.717, 1.165) is 17.8 Å². The van der Waals surface area contributed by atoms with Gasteiger partial charge in [-0.05, 0) is 18.6 Å². The third-order valence-corrected chi connectivity index (χ3v) is 4.54. The van der Waals surface area contributed by atoms with E-state index in [1.807, 2.05) is 6.92 Å². The van der Waals surface area contributed by atoms with Crippen molar-refractivity contribution in [2.24, 2.45) is 0 Å². The van der Waals surface area contributed by atoms with Crippen molar-refractivity contribution in [2.45, 2.75) is 32.7 Å². The maximum Gasteiger partial charge on any atom is 0.328 e. The number of nitrogens with zero attached hydrogens (tertiary/aromatic N) is 3. The molecule has 1 amide bonds. The molecule has 0 bridgehead atoms. The minimum Gasteiger partial charge on any atom is -0.300 e. The zero-order valence-electron chi connectivity index (χ0n) is 13.6. The highest BCUT2D eigenvalue weighted by atomic mass is 32.1. The third kappa shape index (κ3) is 3.82. The van der Waals surface area contributed by atoms with Gasteiger partial charge in [-0.1, -0.05) is 30.4 Å². The highest BCUT2D eigenvalue weighted by Crippen LogP contribution is 2.16. The van der Waals surface area contributed by atoms with Gasteiger partial charge in [0, 0.05) is 19.4 Å². The molecular weight excluding hydrogens is 342 g/mol. The number of fused-ring (bicyclic) bond motifs is 1. The molecule has 9 heteroatoms. The Kier molecular flexibility index (Phi) is 5.03. The summed E-state index contributed by atoms with van der Waals surface area (Å²) < 4.78 is 1.39. The van der Waals surface area contributed by atoms with E-state index in [4.69, 9.17) is 0 Å². The summed E-state index contributed by atoms with van der Waals surface area (Å²) in [6.07, 6.45) is 1.87. The van der Waals surface area contributed by atoms with Crippen molar-refractivity contribution in [1.29, 1.82) is 0 Å². The molecule has 8 nitrogen and oxygen atoms in total. The Morgan fingerprint density at radius 2 is 2.08 bits per heavy atom. The normalized spacial score (nSPS) is 10.9. The van der Waals surface area contributed by atoms with Crippen LogP contribution in [0.2, 0.25) is 0 Å². The molecule has 2 heterocycles. The summed E-state index contributed by atoms with van der Waals surface area (Å²) in [5.41, 5.74) is -0.457. The molecule has 0 atom stereocenters. The molecule has 0 aliphatic heterocycles. The number of amides is 1. The van der Waals surface area contributed by atoms with Crippen LogP contribution in [0.25, 0.3) is 10.9 Å². The monoisotopic (exact) mass is 359 g/mol. The predicted molar refractivity (Wildman–Crippen MR) is 96.0 cm³/mol. The van der Waals surface area contributed by atoms with E-state index in [9.17, 15) is 14.4 Å². The zero-order valence-corrected chi connectivity index (χ0v) is 14.4. The van der Waals surface area contributed by atoms with Crippen LogP contribution in [0.3, 0.4) is 0 Å². The van der Waals surface area contributed by atoms with Crippen LogP contribution in [0.4, 0.5) is 5.13 Å². The first kappa shape index (κ1) is 17.0. The van der Waals surface area contributed by atoms with Gasteiger partial charge in [-0.2, -0.15) is 0 Å². The number of carbonyl (C=O) groups is 1. The van der Waals surface area contributed by atoms with Crippen molar-refractivity contribution in [3.8, 4) is 0 Å². The number of aromatic amines is 1. The van der Waals surface area contributed by atoms with Crippen molar-refractivity contribution in [3.05, 3.63) is 50.1 Å². The second kappa shape index (κ2) is 7.39. The summed E-state index contributed by atoms with van der Waals surface area (Å²) in [6, 6.07) is 6.79. The van der Waals surface area contributed by atoms with Gasteiger partial charge in [0.25, 0.3) is 5.56 Å². The average molecular weight is 359 g/mol. The Hall–Kier alpha value is -2.81. The number of aryl methyl sites for hydroxylation is 2. The molecule has 130 valence electrons. The van der Waals surface area contributed by atoms with Gasteiger partial charge in [-0.25, -0.2) is 4.79 Å². The summed E-state index contributed by atoms with van der Waals surface area (Å²) in [5.74, 6) is -0.263. The van der Waals surface area contributed by atoms with Gasteiger partial charge < -0.3 is 5.32 Å². The molecule has 0 spiro atoms. The quantitative estimate of drug-likeness (QED) is 0.693. The van der Waals surface area contributed by atoms with E-state index in [1.165, 1.54) is 15.9 Å². The van der Waals surface area contributed by atoms with E-state index in [-0.39, 0.29) is 18.9 Å². The van der Waals surface area contributed by atoms with E-state index in [2.05, 4.69) is 20.5 Å². The Bertz CT molecular complexity index is 1020. The number of hydrogen-bond acceptors (Lipinski definition) is 6. The van der Waals surface area contributed by atoms with E-state index < -0.39 is 11.2 Å². The van der Waals surface area contributed by atoms with Crippen molar-refractivity contribution in [2.75, 3.05) is 5.32 Å². The summed E-state index contributed by atoms with van der Waals surface area (Å²) in [7, 11) is 0. The Labute approximate surface area is 146 Å². The minimum absolute atomic E-state index is 0.0820. The Morgan fingerprint density at radius 3 is 2.88 bits per heavy atom. The highest BCUT2D eigenvalue weighted by Gasteiger charge is 2.11. The fraction of sp³-hybridized carbons (Fsp3) is 0.312. The summed E-state index contributed by atoms with van der Waals surface area (Å²) in [4.78, 5) is 38.3. The first-order valence-corrected chi connectivity index (χ1v) is 8.74. The van der Waals surface area contributed by atoms with Crippen LogP contribution in [0, 0.1) is 0 Å². The molecule has 0 radical (unpaired) electrons. The summed E-state index contributed by atoms with van der Waals surface area (Å²) in [5, 5.41) is 12.4. The molecule has 3 aromatic rings. The lowest BCUT2D eigenvalue weighted by Crippen LogP contribution is -2.31. The van der Waals surface area contributed by atoms with Crippen LogP contribution < -0.4 is 16.6 Å². The molecule has 0 saturated carbocycles. The standard InChI is InChI=1S/C16H17N5O3S/c1-2-5-13-19-20-15(25-13)17-12(22)8-9-21-11-7-4-3-6-10(11)14(23)18-16(21)24/h3-4,6-7H,2,5,8-9H2,1H3,(H,17,20,22)(H,18,23,24).